The Bertz CT molecular complexity index is 3710. The fourth-order valence-electron chi connectivity index (χ4n) is 12.8. The van der Waals surface area contributed by atoms with E-state index >= 15 is 18.4 Å². The molecule has 3 fully saturated rings. The normalized spacial score (nSPS) is 22.4. The Morgan fingerprint density at radius 3 is 2.29 bits per heavy atom. The number of nitrogens with zero attached hydrogens (tertiary/aromatic N) is 10. The summed E-state index contributed by atoms with van der Waals surface area (Å²) in [6.07, 6.45) is 7.84. The third kappa shape index (κ3) is 7.04. The van der Waals surface area contributed by atoms with E-state index in [2.05, 4.69) is 54.2 Å². The van der Waals surface area contributed by atoms with Crippen molar-refractivity contribution in [1.82, 2.24) is 53.2 Å². The molecule has 0 bridgehead atoms. The molecule has 73 heavy (non-hydrogen) atoms. The van der Waals surface area contributed by atoms with Gasteiger partial charge in [-0.3, -0.25) is 32.9 Å². The standard InChI is InChI=1S/C54H57F2N11O6/c1-29-21-37(22-30(2)45(29)55)67-47(64-19-18-63(51(64)71)42-12-11-41-38(46(42)56)28-57-61(41)8)44-32(4)65(53(27-39(44)59-67)14-16-62(17-15-53)33(5)68)48(69)43-24-36-23-34(35-13-20-72-52(6,7)26-35)9-10-40(36)66(43)54(25-31(54)3)49-58-50(70)73-60-49/h9-12,18-19,21-24,28,31-32,35H,13-17,20,25-27H2,1-8H3,(H,58,60,70)/t31-,32-,35-,54-/m0/s1. The lowest BCUT2D eigenvalue weighted by Gasteiger charge is -2.53. The van der Waals surface area contributed by atoms with E-state index in [-0.39, 0.29) is 52.6 Å². The Kier molecular flexibility index (Phi) is 10.4. The molecule has 8 heterocycles. The molecule has 2 amide bonds. The van der Waals surface area contributed by atoms with Gasteiger partial charge >= 0.3 is 11.4 Å². The van der Waals surface area contributed by atoms with Crippen LogP contribution in [0, 0.1) is 31.4 Å². The third-order valence-corrected chi connectivity index (χ3v) is 16.7. The van der Waals surface area contributed by atoms with E-state index < -0.39 is 34.4 Å². The number of halogens is 2. The molecule has 17 nitrogen and oxygen atoms in total. The lowest BCUT2D eigenvalue weighted by Crippen LogP contribution is -2.62. The third-order valence-electron chi connectivity index (χ3n) is 16.7. The Balaban J connectivity index is 1.07. The highest BCUT2D eigenvalue weighted by molar-refractivity contribution is 6.00. The highest BCUT2D eigenvalue weighted by atomic mass is 19.1. The molecule has 3 aromatic carbocycles. The summed E-state index contributed by atoms with van der Waals surface area (Å²) in [5.41, 5.74) is 2.60. The molecule has 1 saturated carbocycles. The summed E-state index contributed by atoms with van der Waals surface area (Å²) < 4.78 is 50.9. The second-order valence-electron chi connectivity index (χ2n) is 21.6. The van der Waals surface area contributed by atoms with Gasteiger partial charge in [0.25, 0.3) is 5.91 Å². The summed E-state index contributed by atoms with van der Waals surface area (Å²) in [7, 11) is 1.72. The van der Waals surface area contributed by atoms with Crippen molar-refractivity contribution in [2.75, 3.05) is 19.7 Å². The molecule has 2 saturated heterocycles. The van der Waals surface area contributed by atoms with Crippen molar-refractivity contribution in [2.24, 2.45) is 13.0 Å². The van der Waals surface area contributed by atoms with Crippen LogP contribution >= 0.6 is 0 Å². The number of likely N-dealkylation sites (tertiary alicyclic amines) is 1. The Labute approximate surface area is 417 Å². The van der Waals surface area contributed by atoms with Gasteiger partial charge in [-0.1, -0.05) is 18.1 Å². The number of fused-ring (bicyclic) bond motifs is 3. The van der Waals surface area contributed by atoms with E-state index in [4.69, 9.17) is 14.4 Å². The van der Waals surface area contributed by atoms with Crippen molar-refractivity contribution < 1.29 is 27.6 Å². The van der Waals surface area contributed by atoms with Crippen molar-refractivity contribution in [1.29, 1.82) is 0 Å². The number of hydrogen-bond acceptors (Lipinski definition) is 9. The number of aromatic nitrogens is 9. The van der Waals surface area contributed by atoms with Crippen LogP contribution in [0.15, 0.2) is 81.2 Å². The molecule has 0 unspecified atom stereocenters. The predicted octanol–water partition coefficient (Wildman–Crippen LogP) is 7.82. The molecular formula is C54H57F2N11O6. The number of aromatic amines is 1. The molecule has 3 aliphatic heterocycles. The molecule has 5 aromatic heterocycles. The smallest absolute Gasteiger partial charge is 0.376 e. The summed E-state index contributed by atoms with van der Waals surface area (Å²) in [6.45, 7) is 14.5. The Morgan fingerprint density at radius 1 is 0.904 bits per heavy atom. The number of hydrogen-bond donors (Lipinski definition) is 1. The zero-order valence-electron chi connectivity index (χ0n) is 42.1. The van der Waals surface area contributed by atoms with Crippen LogP contribution in [0.2, 0.25) is 0 Å². The summed E-state index contributed by atoms with van der Waals surface area (Å²) >= 11 is 0. The van der Waals surface area contributed by atoms with E-state index in [1.807, 2.05) is 22.5 Å². The highest BCUT2D eigenvalue weighted by Crippen LogP contribution is 2.57. The second-order valence-corrected chi connectivity index (χ2v) is 21.6. The first-order valence-corrected chi connectivity index (χ1v) is 25.1. The van der Waals surface area contributed by atoms with Crippen LogP contribution in [-0.2, 0) is 28.5 Å². The number of rotatable bonds is 7. The lowest BCUT2D eigenvalue weighted by molar-refractivity contribution is -0.131. The molecule has 1 spiro atoms. The van der Waals surface area contributed by atoms with Crippen LogP contribution in [0.25, 0.3) is 39.0 Å². The topological polar surface area (TPSA) is 176 Å². The van der Waals surface area contributed by atoms with Gasteiger partial charge in [-0.15, -0.1) is 0 Å². The zero-order chi connectivity index (χ0) is 51.2. The van der Waals surface area contributed by atoms with Gasteiger partial charge in [0.2, 0.25) is 5.91 Å². The van der Waals surface area contributed by atoms with Gasteiger partial charge in [0.15, 0.2) is 11.6 Å². The van der Waals surface area contributed by atoms with Crippen LogP contribution in [0.3, 0.4) is 0 Å². The van der Waals surface area contributed by atoms with Crippen LogP contribution < -0.4 is 11.4 Å². The minimum absolute atomic E-state index is 0.0203. The van der Waals surface area contributed by atoms with Crippen LogP contribution in [0.1, 0.15) is 123 Å². The van der Waals surface area contributed by atoms with Gasteiger partial charge in [0.05, 0.1) is 51.4 Å². The SMILES string of the molecule is CC(=O)N1CCC2(CC1)Cc1nn(-c3cc(C)c(F)c(C)c3)c(-n3ccn(-c4ccc5c(cnn5C)c4F)c3=O)c1[C@H](C)N2C(=O)c1cc2cc([C@H]3CCOC(C)(C)C3)ccc2n1[C@@]1(c2noc(=O)[nH]2)C[C@@H]1C. The van der Waals surface area contributed by atoms with Gasteiger partial charge in [-0.2, -0.15) is 10.2 Å². The number of amides is 2. The fourth-order valence-corrected chi connectivity index (χ4v) is 12.8. The molecule has 1 aliphatic carbocycles. The number of H-pyrrole nitrogens is 1. The molecule has 12 rings (SSSR count). The second kappa shape index (κ2) is 16.3. The van der Waals surface area contributed by atoms with E-state index in [0.29, 0.717) is 89.9 Å². The first kappa shape index (κ1) is 46.6. The number of carbonyl (C=O) groups is 2. The molecule has 378 valence electrons. The van der Waals surface area contributed by atoms with E-state index in [9.17, 15) is 9.59 Å². The van der Waals surface area contributed by atoms with Gasteiger partial charge in [0.1, 0.15) is 22.9 Å². The molecule has 4 aliphatic rings. The lowest BCUT2D eigenvalue weighted by atomic mass is 9.75. The van der Waals surface area contributed by atoms with E-state index in [1.165, 1.54) is 21.5 Å². The number of carbonyl (C=O) groups excluding carboxylic acids is 2. The van der Waals surface area contributed by atoms with E-state index in [0.717, 1.165) is 29.3 Å². The fraction of sp³-hybridized carbons (Fsp3) is 0.426. The maximum absolute atomic E-state index is 16.5. The molecule has 0 radical (unpaired) electrons. The van der Waals surface area contributed by atoms with Gasteiger partial charge < -0.3 is 19.1 Å². The summed E-state index contributed by atoms with van der Waals surface area (Å²) in [4.78, 5) is 63.8. The first-order chi connectivity index (χ1) is 34.8. The van der Waals surface area contributed by atoms with Crippen LogP contribution in [0.5, 0.6) is 0 Å². The maximum Gasteiger partial charge on any atom is 0.438 e. The molecule has 19 heteroatoms. The van der Waals surface area contributed by atoms with Gasteiger partial charge in [-0.25, -0.2) is 23.1 Å². The maximum atomic E-state index is 16.5. The summed E-state index contributed by atoms with van der Waals surface area (Å²) in [6, 6.07) is 14.1. The van der Waals surface area contributed by atoms with E-state index in [1.54, 1.807) is 72.5 Å². The minimum atomic E-state index is -0.935. The molecule has 8 aromatic rings. The number of piperidine rings is 1. The minimum Gasteiger partial charge on any atom is -0.376 e. The quantitative estimate of drug-likeness (QED) is 0.167. The Morgan fingerprint density at radius 2 is 1.62 bits per heavy atom. The number of nitrogens with one attached hydrogen (secondary N) is 1. The molecule has 4 atom stereocenters. The summed E-state index contributed by atoms with van der Waals surface area (Å²) in [5.74, 6) is -1.25. The molecular weight excluding hydrogens is 937 g/mol. The number of aryl methyl sites for hydroxylation is 3. The molecule has 1 N–H and O–H groups in total. The van der Waals surface area contributed by atoms with Gasteiger partial charge in [0, 0.05) is 68.9 Å². The average molecular weight is 994 g/mol. The highest BCUT2D eigenvalue weighted by Gasteiger charge is 2.60. The Hall–Kier alpha value is -7.41. The predicted molar refractivity (Wildman–Crippen MR) is 267 cm³/mol. The largest absolute Gasteiger partial charge is 0.438 e. The first-order valence-electron chi connectivity index (χ1n) is 25.1. The van der Waals surface area contributed by atoms with Gasteiger partial charge in [-0.05, 0) is 138 Å². The summed E-state index contributed by atoms with van der Waals surface area (Å²) in [5, 5.41) is 14.9. The monoisotopic (exact) mass is 993 g/mol. The van der Waals surface area contributed by atoms with Crippen molar-refractivity contribution in [3.05, 3.63) is 139 Å². The van der Waals surface area contributed by atoms with Crippen molar-refractivity contribution in [3.8, 4) is 17.2 Å². The number of ether oxygens (including phenoxy) is 1. The van der Waals surface area contributed by atoms with Crippen molar-refractivity contribution >= 4 is 33.6 Å². The average Bonchev–Trinajstić information content (AvgIpc) is 4.00. The zero-order valence-corrected chi connectivity index (χ0v) is 42.1. The van der Waals surface area contributed by atoms with Crippen molar-refractivity contribution in [2.45, 2.75) is 116 Å². The van der Waals surface area contributed by atoms with Crippen LogP contribution in [0.4, 0.5) is 8.78 Å². The van der Waals surface area contributed by atoms with Crippen molar-refractivity contribution in [3.63, 3.8) is 0 Å². The van der Waals surface area contributed by atoms with Crippen LogP contribution in [-0.4, -0.2) is 95.9 Å². The number of benzene rings is 3. The number of imidazole rings is 1.